The van der Waals surface area contributed by atoms with Gasteiger partial charge in [-0.25, -0.2) is 0 Å². The minimum Gasteiger partial charge on any atom is -0.342 e. The van der Waals surface area contributed by atoms with E-state index < -0.39 is 0 Å². The van der Waals surface area contributed by atoms with Crippen LogP contribution < -0.4 is 5.56 Å². The lowest BCUT2D eigenvalue weighted by molar-refractivity contribution is -0.139. The van der Waals surface area contributed by atoms with Crippen LogP contribution in [0.4, 0.5) is 0 Å². The Morgan fingerprint density at radius 3 is 2.74 bits per heavy atom. The molecule has 2 amide bonds. The molecule has 0 radical (unpaired) electrons. The van der Waals surface area contributed by atoms with Crippen LogP contribution in [0, 0.1) is 19.3 Å². The number of rotatable bonds is 4. The summed E-state index contributed by atoms with van der Waals surface area (Å²) in [6, 6.07) is 1.70. The number of aromatic amines is 1. The summed E-state index contributed by atoms with van der Waals surface area (Å²) in [4.78, 5) is 44.2. The van der Waals surface area contributed by atoms with Crippen LogP contribution in [-0.2, 0) is 4.79 Å². The number of aromatic nitrogens is 1. The second-order valence-electron chi connectivity index (χ2n) is 8.32. The molecule has 2 aliphatic heterocycles. The number of unbranched alkanes of at least 4 members (excludes halogenated alkanes) is 1. The lowest BCUT2D eigenvalue weighted by Crippen LogP contribution is -2.55. The lowest BCUT2D eigenvalue weighted by atomic mass is 9.73. The Morgan fingerprint density at radius 2 is 2.00 bits per heavy atom. The van der Waals surface area contributed by atoms with E-state index in [-0.39, 0.29) is 28.4 Å². The number of nitrogens with zero attached hydrogens (tertiary/aromatic N) is 2. The van der Waals surface area contributed by atoms with Crippen molar-refractivity contribution < 1.29 is 9.59 Å². The molecule has 1 aromatic rings. The van der Waals surface area contributed by atoms with Crippen LogP contribution in [0.15, 0.2) is 10.9 Å². The highest BCUT2D eigenvalue weighted by Crippen LogP contribution is 2.39. The zero-order chi connectivity index (χ0) is 19.6. The monoisotopic (exact) mass is 373 g/mol. The lowest BCUT2D eigenvalue weighted by Gasteiger charge is -2.48. The van der Waals surface area contributed by atoms with Gasteiger partial charge in [0, 0.05) is 43.7 Å². The van der Waals surface area contributed by atoms with Gasteiger partial charge in [-0.15, -0.1) is 0 Å². The number of likely N-dealkylation sites (tertiary alicyclic amines) is 2. The number of aryl methyl sites for hydroxylation is 2. The van der Waals surface area contributed by atoms with Crippen molar-refractivity contribution in [3.63, 3.8) is 0 Å². The van der Waals surface area contributed by atoms with Crippen molar-refractivity contribution in [2.24, 2.45) is 5.41 Å². The molecule has 1 atom stereocenters. The molecule has 1 aromatic heterocycles. The van der Waals surface area contributed by atoms with Gasteiger partial charge in [0.1, 0.15) is 5.56 Å². The van der Waals surface area contributed by atoms with Crippen molar-refractivity contribution in [3.05, 3.63) is 33.2 Å². The van der Waals surface area contributed by atoms with Crippen molar-refractivity contribution >= 4 is 11.8 Å². The molecule has 6 heteroatoms. The Kier molecular flexibility index (Phi) is 5.72. The maximum atomic E-state index is 13.1. The second-order valence-corrected chi connectivity index (χ2v) is 8.32. The zero-order valence-corrected chi connectivity index (χ0v) is 16.8. The number of nitrogens with one attached hydrogen (secondary N) is 1. The number of pyridine rings is 1. The molecule has 2 fully saturated rings. The van der Waals surface area contributed by atoms with Gasteiger partial charge in [-0.2, -0.15) is 0 Å². The Bertz CT molecular complexity index is 785. The van der Waals surface area contributed by atoms with Gasteiger partial charge < -0.3 is 14.8 Å². The van der Waals surface area contributed by atoms with Crippen molar-refractivity contribution in [1.29, 1.82) is 0 Å². The van der Waals surface area contributed by atoms with E-state index in [2.05, 4.69) is 11.9 Å². The molecular weight excluding hydrogens is 342 g/mol. The van der Waals surface area contributed by atoms with E-state index in [0.717, 1.165) is 56.5 Å². The van der Waals surface area contributed by atoms with Crippen LogP contribution in [0.25, 0.3) is 0 Å². The van der Waals surface area contributed by atoms with Crippen LogP contribution in [0.3, 0.4) is 0 Å². The van der Waals surface area contributed by atoms with Gasteiger partial charge in [0.2, 0.25) is 5.91 Å². The highest BCUT2D eigenvalue weighted by molar-refractivity contribution is 5.94. The smallest absolute Gasteiger partial charge is 0.261 e. The molecule has 2 aliphatic rings. The van der Waals surface area contributed by atoms with E-state index in [0.29, 0.717) is 19.5 Å². The fourth-order valence-electron chi connectivity index (χ4n) is 4.43. The normalized spacial score (nSPS) is 23.1. The topological polar surface area (TPSA) is 73.5 Å². The average Bonchev–Trinajstić information content (AvgIpc) is 2.65. The van der Waals surface area contributed by atoms with Crippen molar-refractivity contribution in [2.45, 2.75) is 59.3 Å². The summed E-state index contributed by atoms with van der Waals surface area (Å²) in [6.45, 7) is 8.72. The maximum absolute atomic E-state index is 13.1. The van der Waals surface area contributed by atoms with Crippen LogP contribution >= 0.6 is 0 Å². The summed E-state index contributed by atoms with van der Waals surface area (Å²) in [5.41, 5.74) is 1.60. The number of H-pyrrole nitrogens is 1. The number of carbonyl (C=O) groups excluding carboxylic acids is 2. The third-order valence-corrected chi connectivity index (χ3v) is 6.21. The summed E-state index contributed by atoms with van der Waals surface area (Å²) in [6.07, 6.45) is 5.44. The van der Waals surface area contributed by atoms with E-state index in [1.54, 1.807) is 6.07 Å². The van der Waals surface area contributed by atoms with Crippen molar-refractivity contribution in [2.75, 3.05) is 26.2 Å². The van der Waals surface area contributed by atoms with Crippen LogP contribution in [0.2, 0.25) is 0 Å². The van der Waals surface area contributed by atoms with Gasteiger partial charge in [-0.3, -0.25) is 14.4 Å². The van der Waals surface area contributed by atoms with Crippen molar-refractivity contribution in [1.82, 2.24) is 14.8 Å². The Morgan fingerprint density at radius 1 is 1.22 bits per heavy atom. The quantitative estimate of drug-likeness (QED) is 0.882. The molecular formula is C21H31N3O3. The summed E-state index contributed by atoms with van der Waals surface area (Å²) < 4.78 is 0. The second kappa shape index (κ2) is 7.87. The largest absolute Gasteiger partial charge is 0.342 e. The van der Waals surface area contributed by atoms with Crippen molar-refractivity contribution in [3.8, 4) is 0 Å². The molecule has 1 spiro atoms. The molecule has 1 unspecified atom stereocenters. The third kappa shape index (κ3) is 4.09. The molecule has 2 saturated heterocycles. The first-order chi connectivity index (χ1) is 12.8. The summed E-state index contributed by atoms with van der Waals surface area (Å²) in [5.74, 6) is 0.0542. The zero-order valence-electron chi connectivity index (χ0n) is 16.8. The Hall–Kier alpha value is -2.11. The standard InChI is InChI=1S/C21H31N3O3/c1-4-5-10-23-13-21(9-7-18(23)25)8-6-11-24(14-21)20(27)17-12-15(2)16(3)22-19(17)26/h12H,4-11,13-14H2,1-3H3,(H,22,26). The van der Waals surface area contributed by atoms with Gasteiger partial charge in [-0.1, -0.05) is 13.3 Å². The molecule has 1 N–H and O–H groups in total. The van der Waals surface area contributed by atoms with Crippen LogP contribution in [0.1, 0.15) is 67.1 Å². The predicted molar refractivity (Wildman–Crippen MR) is 105 cm³/mol. The molecule has 0 saturated carbocycles. The van der Waals surface area contributed by atoms with Crippen LogP contribution in [-0.4, -0.2) is 52.8 Å². The summed E-state index contributed by atoms with van der Waals surface area (Å²) in [5, 5.41) is 0. The minimum absolute atomic E-state index is 0.0257. The van der Waals surface area contributed by atoms with Gasteiger partial charge in [0.25, 0.3) is 11.5 Å². The first-order valence-electron chi connectivity index (χ1n) is 10.1. The number of carbonyl (C=O) groups is 2. The molecule has 0 bridgehead atoms. The Labute approximate surface area is 160 Å². The minimum atomic E-state index is -0.314. The van der Waals surface area contributed by atoms with E-state index in [4.69, 9.17) is 0 Å². The van der Waals surface area contributed by atoms with E-state index in [1.165, 1.54) is 0 Å². The van der Waals surface area contributed by atoms with E-state index >= 15 is 0 Å². The molecule has 3 rings (SSSR count). The third-order valence-electron chi connectivity index (χ3n) is 6.21. The Balaban J connectivity index is 1.77. The average molecular weight is 373 g/mol. The predicted octanol–water partition coefficient (Wildman–Crippen LogP) is 2.64. The number of hydrogen-bond acceptors (Lipinski definition) is 3. The molecule has 0 aromatic carbocycles. The van der Waals surface area contributed by atoms with Gasteiger partial charge in [0.05, 0.1) is 0 Å². The summed E-state index contributed by atoms with van der Waals surface area (Å²) in [7, 11) is 0. The first kappa shape index (κ1) is 19.6. The van der Waals surface area contributed by atoms with Gasteiger partial charge in [0.15, 0.2) is 0 Å². The number of piperidine rings is 2. The highest BCUT2D eigenvalue weighted by Gasteiger charge is 2.42. The highest BCUT2D eigenvalue weighted by atomic mass is 16.2. The van der Waals surface area contributed by atoms with Gasteiger partial charge >= 0.3 is 0 Å². The maximum Gasteiger partial charge on any atom is 0.261 e. The fraction of sp³-hybridized carbons (Fsp3) is 0.667. The number of hydrogen-bond donors (Lipinski definition) is 1. The first-order valence-corrected chi connectivity index (χ1v) is 10.1. The number of amides is 2. The van der Waals surface area contributed by atoms with E-state index in [1.807, 2.05) is 23.6 Å². The van der Waals surface area contributed by atoms with E-state index in [9.17, 15) is 14.4 Å². The fourth-order valence-corrected chi connectivity index (χ4v) is 4.43. The van der Waals surface area contributed by atoms with Crippen LogP contribution in [0.5, 0.6) is 0 Å². The molecule has 27 heavy (non-hydrogen) atoms. The molecule has 3 heterocycles. The molecule has 148 valence electrons. The molecule has 6 nitrogen and oxygen atoms in total. The summed E-state index contributed by atoms with van der Waals surface area (Å²) >= 11 is 0. The van der Waals surface area contributed by atoms with Gasteiger partial charge in [-0.05, 0) is 51.2 Å². The molecule has 0 aliphatic carbocycles. The SMILES string of the molecule is CCCCN1CC2(CCCN(C(=O)c3cc(C)c(C)[nH]c3=O)C2)CCC1=O.